The number of hydrogen-bond acceptors (Lipinski definition) is 5. The van der Waals surface area contributed by atoms with Gasteiger partial charge in [-0.15, -0.1) is 11.8 Å². The van der Waals surface area contributed by atoms with Crippen LogP contribution in [0, 0.1) is 0 Å². The summed E-state index contributed by atoms with van der Waals surface area (Å²) >= 11 is 1.41. The minimum absolute atomic E-state index is 0.194. The van der Waals surface area contributed by atoms with Gasteiger partial charge in [0.15, 0.2) is 0 Å². The maximum absolute atomic E-state index is 10.7. The number of oxime groups is 1. The normalized spacial score (nSPS) is 11.4. The van der Waals surface area contributed by atoms with Gasteiger partial charge >= 0.3 is 5.97 Å². The van der Waals surface area contributed by atoms with Crippen molar-refractivity contribution in [3.63, 3.8) is 0 Å². The highest BCUT2D eigenvalue weighted by Gasteiger charge is 2.16. The van der Waals surface area contributed by atoms with Crippen LogP contribution >= 0.6 is 11.8 Å². The summed E-state index contributed by atoms with van der Waals surface area (Å²) in [4.78, 5) is 15.1. The maximum Gasteiger partial charge on any atom is 0.360 e. The monoisotopic (exact) mass is 215 g/mol. The lowest BCUT2D eigenvalue weighted by molar-refractivity contribution is -0.129. The number of thioether (sulfide) groups is 1. The van der Waals surface area contributed by atoms with Crippen molar-refractivity contribution < 1.29 is 14.7 Å². The van der Waals surface area contributed by atoms with Crippen molar-refractivity contribution in [3.8, 4) is 0 Å². The van der Waals surface area contributed by atoms with E-state index in [1.807, 2.05) is 6.26 Å². The van der Waals surface area contributed by atoms with E-state index in [-0.39, 0.29) is 5.71 Å². The van der Waals surface area contributed by atoms with E-state index < -0.39 is 5.97 Å². The minimum Gasteiger partial charge on any atom is -0.476 e. The van der Waals surface area contributed by atoms with Crippen LogP contribution in [-0.4, -0.2) is 40.4 Å². The first-order valence-electron chi connectivity index (χ1n) is 3.63. The first kappa shape index (κ1) is 10.6. The van der Waals surface area contributed by atoms with Gasteiger partial charge in [0.25, 0.3) is 0 Å². The molecule has 0 atom stereocenters. The Morgan fingerprint density at radius 3 is 2.93 bits per heavy atom. The fraction of sp³-hybridized carbons (Fsp3) is 0.286. The van der Waals surface area contributed by atoms with Crippen molar-refractivity contribution in [2.75, 3.05) is 13.4 Å². The van der Waals surface area contributed by atoms with Crippen LogP contribution in [-0.2, 0) is 9.63 Å². The summed E-state index contributed by atoms with van der Waals surface area (Å²) < 4.78 is 0. The fourth-order valence-corrected chi connectivity index (χ4v) is 1.20. The summed E-state index contributed by atoms with van der Waals surface area (Å²) in [6.45, 7) is 0. The van der Waals surface area contributed by atoms with Crippen LogP contribution in [0.5, 0.6) is 0 Å². The van der Waals surface area contributed by atoms with Gasteiger partial charge in [-0.1, -0.05) is 5.16 Å². The summed E-state index contributed by atoms with van der Waals surface area (Å²) in [5, 5.41) is 19.3. The van der Waals surface area contributed by atoms with Crippen molar-refractivity contribution in [3.05, 3.63) is 11.8 Å². The van der Waals surface area contributed by atoms with E-state index in [4.69, 9.17) is 5.11 Å². The predicted octanol–water partition coefficient (Wildman–Crippen LogP) is 0.567. The largest absolute Gasteiger partial charge is 0.476 e. The number of carboxylic acids is 1. The van der Waals surface area contributed by atoms with Crippen LogP contribution < -0.4 is 0 Å². The highest BCUT2D eigenvalue weighted by Crippen LogP contribution is 2.12. The van der Waals surface area contributed by atoms with Gasteiger partial charge in [0.1, 0.15) is 12.1 Å². The molecule has 7 heteroatoms. The molecule has 2 N–H and O–H groups in total. The minimum atomic E-state index is -1.16. The zero-order valence-corrected chi connectivity index (χ0v) is 8.46. The number of aliphatic carboxylic acids is 1. The molecular formula is C7H9N3O3S. The van der Waals surface area contributed by atoms with Crippen LogP contribution in [0.2, 0.25) is 0 Å². The van der Waals surface area contributed by atoms with E-state index in [2.05, 4.69) is 20.2 Å². The molecule has 1 rings (SSSR count). The van der Waals surface area contributed by atoms with Crippen molar-refractivity contribution in [2.24, 2.45) is 5.16 Å². The molecule has 0 aliphatic rings. The summed E-state index contributed by atoms with van der Waals surface area (Å²) in [6, 6.07) is 1.59. The molecule has 1 heterocycles. The second-order valence-corrected chi connectivity index (χ2v) is 3.08. The number of rotatable bonds is 4. The highest BCUT2D eigenvalue weighted by atomic mass is 32.2. The third kappa shape index (κ3) is 2.25. The standard InChI is InChI=1S/C7H9N3O3S/c1-13-10-6(7(11)12)4-3-5(14-2)9-8-4/h3H,1-2H3,(H,8,9)(H,11,12). The lowest BCUT2D eigenvalue weighted by Gasteiger charge is -1.94. The third-order valence-electron chi connectivity index (χ3n) is 1.40. The average Bonchev–Trinajstić information content (AvgIpc) is 2.61. The molecule has 0 bridgehead atoms. The van der Waals surface area contributed by atoms with Crippen molar-refractivity contribution in [1.29, 1.82) is 0 Å². The summed E-state index contributed by atoms with van der Waals surface area (Å²) in [5.41, 5.74) is 0.129. The number of nitrogens with one attached hydrogen (secondary N) is 1. The smallest absolute Gasteiger partial charge is 0.360 e. The molecule has 0 spiro atoms. The molecule has 0 radical (unpaired) electrons. The fourth-order valence-electron chi connectivity index (χ4n) is 0.824. The Balaban J connectivity index is 3.00. The number of aromatic amines is 1. The SMILES string of the molecule is CON=C(C(=O)O)c1cc(SC)n[nH]1. The van der Waals surface area contributed by atoms with Crippen LogP contribution in [0.25, 0.3) is 0 Å². The summed E-state index contributed by atoms with van der Waals surface area (Å²) in [7, 11) is 1.29. The lowest BCUT2D eigenvalue weighted by Crippen LogP contribution is -2.15. The second-order valence-electron chi connectivity index (χ2n) is 2.25. The van der Waals surface area contributed by atoms with Crippen LogP contribution in [0.4, 0.5) is 0 Å². The Morgan fingerprint density at radius 2 is 2.50 bits per heavy atom. The number of aromatic nitrogens is 2. The molecule has 6 nitrogen and oxygen atoms in total. The van der Waals surface area contributed by atoms with Crippen molar-refractivity contribution in [2.45, 2.75) is 5.03 Å². The second kappa shape index (κ2) is 4.66. The van der Waals surface area contributed by atoms with E-state index in [1.165, 1.54) is 18.9 Å². The maximum atomic E-state index is 10.7. The molecule has 0 saturated carbocycles. The molecule has 0 amide bonds. The lowest BCUT2D eigenvalue weighted by atomic mass is 10.3. The van der Waals surface area contributed by atoms with E-state index in [0.717, 1.165) is 0 Å². The Bertz CT molecular complexity index is 361. The molecule has 0 unspecified atom stereocenters. The van der Waals surface area contributed by atoms with Crippen LogP contribution in [0.3, 0.4) is 0 Å². The van der Waals surface area contributed by atoms with E-state index in [9.17, 15) is 4.79 Å². The third-order valence-corrected chi connectivity index (χ3v) is 2.03. The van der Waals surface area contributed by atoms with E-state index in [1.54, 1.807) is 6.07 Å². The molecule has 0 aliphatic heterocycles. The number of nitrogens with zero attached hydrogens (tertiary/aromatic N) is 2. The Hall–Kier alpha value is -1.50. The Labute approximate surface area is 84.3 Å². The molecule has 1 aromatic heterocycles. The van der Waals surface area contributed by atoms with Gasteiger partial charge in [0.05, 0.1) is 5.69 Å². The van der Waals surface area contributed by atoms with Gasteiger partial charge in [0, 0.05) is 0 Å². The molecule has 0 saturated heterocycles. The van der Waals surface area contributed by atoms with Gasteiger partial charge in [-0.05, 0) is 12.3 Å². The van der Waals surface area contributed by atoms with Gasteiger partial charge in [-0.3, -0.25) is 5.10 Å². The summed E-state index contributed by atoms with van der Waals surface area (Å²) in [6.07, 6.45) is 1.84. The number of carbonyl (C=O) groups is 1. The molecular weight excluding hydrogens is 206 g/mol. The predicted molar refractivity (Wildman–Crippen MR) is 51.6 cm³/mol. The number of hydrogen-bond donors (Lipinski definition) is 2. The van der Waals surface area contributed by atoms with Crippen LogP contribution in [0.1, 0.15) is 5.69 Å². The van der Waals surface area contributed by atoms with Gasteiger partial charge in [-0.2, -0.15) is 5.10 Å². The highest BCUT2D eigenvalue weighted by molar-refractivity contribution is 7.98. The quantitative estimate of drug-likeness (QED) is 0.435. The first-order valence-corrected chi connectivity index (χ1v) is 4.85. The molecule has 0 aliphatic carbocycles. The first-order chi connectivity index (χ1) is 6.69. The Kier molecular flexibility index (Phi) is 3.52. The number of H-pyrrole nitrogens is 1. The number of carboxylic acid groups (broad SMARTS) is 1. The van der Waals surface area contributed by atoms with E-state index in [0.29, 0.717) is 10.7 Å². The zero-order valence-electron chi connectivity index (χ0n) is 7.64. The van der Waals surface area contributed by atoms with E-state index >= 15 is 0 Å². The van der Waals surface area contributed by atoms with Gasteiger partial charge < -0.3 is 9.94 Å². The molecule has 14 heavy (non-hydrogen) atoms. The Morgan fingerprint density at radius 1 is 1.79 bits per heavy atom. The van der Waals surface area contributed by atoms with Crippen molar-refractivity contribution >= 4 is 23.4 Å². The summed E-state index contributed by atoms with van der Waals surface area (Å²) in [5.74, 6) is -1.16. The molecule has 0 aromatic carbocycles. The van der Waals surface area contributed by atoms with Crippen LogP contribution in [0.15, 0.2) is 16.2 Å². The molecule has 76 valence electrons. The zero-order chi connectivity index (χ0) is 10.6. The van der Waals surface area contributed by atoms with Gasteiger partial charge in [-0.25, -0.2) is 4.79 Å². The van der Waals surface area contributed by atoms with Crippen molar-refractivity contribution in [1.82, 2.24) is 10.2 Å². The molecule has 1 aromatic rings. The average molecular weight is 215 g/mol. The topological polar surface area (TPSA) is 87.6 Å². The van der Waals surface area contributed by atoms with Gasteiger partial charge in [0.2, 0.25) is 5.71 Å². The molecule has 0 fully saturated rings.